The van der Waals surface area contributed by atoms with Crippen LogP contribution in [0.15, 0.2) is 0 Å². The van der Waals surface area contributed by atoms with Crippen molar-refractivity contribution in [2.45, 2.75) is 39.0 Å². The summed E-state index contributed by atoms with van der Waals surface area (Å²) in [6.45, 7) is 3.83. The molecule has 0 aromatic heterocycles. The molecule has 1 heterocycles. The third kappa shape index (κ3) is 5.77. The predicted octanol–water partition coefficient (Wildman–Crippen LogP) is 1.29. The maximum Gasteiger partial charge on any atom is 0.317 e. The topological polar surface area (TPSA) is 89.9 Å². The van der Waals surface area contributed by atoms with Gasteiger partial charge in [0.25, 0.3) is 0 Å². The number of urea groups is 1. The maximum absolute atomic E-state index is 12.0. The van der Waals surface area contributed by atoms with E-state index in [0.29, 0.717) is 31.8 Å². The lowest BCUT2D eigenvalue weighted by Gasteiger charge is -2.32. The van der Waals surface area contributed by atoms with Gasteiger partial charge in [-0.05, 0) is 38.0 Å². The van der Waals surface area contributed by atoms with Crippen LogP contribution >= 0.6 is 0 Å². The summed E-state index contributed by atoms with van der Waals surface area (Å²) in [4.78, 5) is 24.4. The number of carboxylic acids is 1. The van der Waals surface area contributed by atoms with Crippen LogP contribution in [0, 0.1) is 11.8 Å². The minimum Gasteiger partial charge on any atom is -0.481 e. The molecule has 1 aliphatic rings. The number of likely N-dealkylation sites (tertiary alicyclic amines) is 1. The highest BCUT2D eigenvalue weighted by Crippen LogP contribution is 2.19. The molecule has 1 rings (SSSR count). The van der Waals surface area contributed by atoms with Gasteiger partial charge in [-0.3, -0.25) is 4.79 Å². The molecule has 6 nitrogen and oxygen atoms in total. The van der Waals surface area contributed by atoms with E-state index >= 15 is 0 Å². The second-order valence-electron chi connectivity index (χ2n) is 5.58. The zero-order chi connectivity index (χ0) is 15.0. The Bertz CT molecular complexity index is 320. The Labute approximate surface area is 120 Å². The van der Waals surface area contributed by atoms with Crippen molar-refractivity contribution in [3.05, 3.63) is 0 Å². The number of carbonyl (C=O) groups excluding carboxylic acids is 1. The lowest BCUT2D eigenvalue weighted by molar-refractivity contribution is -0.141. The van der Waals surface area contributed by atoms with Crippen LogP contribution in [0.2, 0.25) is 0 Å². The van der Waals surface area contributed by atoms with E-state index in [9.17, 15) is 9.59 Å². The lowest BCUT2D eigenvalue weighted by Crippen LogP contribution is -2.45. The fourth-order valence-corrected chi connectivity index (χ4v) is 2.51. The smallest absolute Gasteiger partial charge is 0.317 e. The van der Waals surface area contributed by atoms with Crippen molar-refractivity contribution in [2.75, 3.05) is 26.2 Å². The minimum absolute atomic E-state index is 0.0735. The summed E-state index contributed by atoms with van der Waals surface area (Å²) in [6.07, 6.45) is 4.05. The van der Waals surface area contributed by atoms with Crippen molar-refractivity contribution in [2.24, 2.45) is 11.8 Å². The number of piperidine rings is 1. The highest BCUT2D eigenvalue weighted by molar-refractivity contribution is 5.74. The van der Waals surface area contributed by atoms with Gasteiger partial charge in [-0.15, -0.1) is 0 Å². The number of hydrogen-bond acceptors (Lipinski definition) is 3. The molecule has 1 saturated heterocycles. The summed E-state index contributed by atoms with van der Waals surface area (Å²) < 4.78 is 0. The summed E-state index contributed by atoms with van der Waals surface area (Å²) >= 11 is 0. The quantitative estimate of drug-likeness (QED) is 0.615. The molecular weight excluding hydrogens is 260 g/mol. The van der Waals surface area contributed by atoms with Crippen LogP contribution in [0.5, 0.6) is 0 Å². The fraction of sp³-hybridized carbons (Fsp3) is 0.857. The molecule has 0 radical (unpaired) electrons. The summed E-state index contributed by atoms with van der Waals surface area (Å²) in [7, 11) is 0. The van der Waals surface area contributed by atoms with Gasteiger partial charge in [0.05, 0.1) is 5.92 Å². The molecule has 1 aliphatic heterocycles. The summed E-state index contributed by atoms with van der Waals surface area (Å²) in [5, 5.41) is 20.5. The molecule has 0 aromatic carbocycles. The highest BCUT2D eigenvalue weighted by Gasteiger charge is 2.22. The molecule has 2 amide bonds. The second-order valence-corrected chi connectivity index (χ2v) is 5.58. The van der Waals surface area contributed by atoms with Gasteiger partial charge in [0.1, 0.15) is 0 Å². The average molecular weight is 286 g/mol. The molecule has 0 bridgehead atoms. The van der Waals surface area contributed by atoms with Gasteiger partial charge in [-0.2, -0.15) is 0 Å². The van der Waals surface area contributed by atoms with Crippen molar-refractivity contribution in [1.82, 2.24) is 10.2 Å². The number of rotatable bonds is 7. The van der Waals surface area contributed by atoms with Gasteiger partial charge in [0.15, 0.2) is 0 Å². The van der Waals surface area contributed by atoms with Crippen molar-refractivity contribution in [3.63, 3.8) is 0 Å². The molecule has 0 spiro atoms. The summed E-state index contributed by atoms with van der Waals surface area (Å²) in [6, 6.07) is -0.0735. The van der Waals surface area contributed by atoms with Crippen molar-refractivity contribution in [3.8, 4) is 0 Å². The van der Waals surface area contributed by atoms with E-state index in [0.717, 1.165) is 25.8 Å². The summed E-state index contributed by atoms with van der Waals surface area (Å²) in [5.41, 5.74) is 0. The molecule has 6 heteroatoms. The van der Waals surface area contributed by atoms with Gasteiger partial charge in [0, 0.05) is 26.2 Å². The first-order valence-corrected chi connectivity index (χ1v) is 7.41. The lowest BCUT2D eigenvalue weighted by atomic mass is 9.95. The number of aliphatic hydroxyl groups is 1. The van der Waals surface area contributed by atoms with E-state index < -0.39 is 5.97 Å². The molecule has 2 unspecified atom stereocenters. The van der Waals surface area contributed by atoms with Gasteiger partial charge < -0.3 is 20.4 Å². The first-order valence-electron chi connectivity index (χ1n) is 7.41. The number of carbonyl (C=O) groups is 2. The molecule has 20 heavy (non-hydrogen) atoms. The SMILES string of the molecule is CC(CCCNC(=O)N1CCCC(CCO)C1)C(=O)O. The van der Waals surface area contributed by atoms with E-state index in [1.807, 2.05) is 0 Å². The van der Waals surface area contributed by atoms with Crippen LogP contribution in [-0.4, -0.2) is 53.4 Å². The Balaban J connectivity index is 2.20. The molecule has 116 valence electrons. The molecular formula is C14H26N2O4. The first kappa shape index (κ1) is 16.8. The number of amides is 2. The number of carboxylic acid groups (broad SMARTS) is 1. The third-order valence-electron chi connectivity index (χ3n) is 3.86. The first-order chi connectivity index (χ1) is 9.54. The highest BCUT2D eigenvalue weighted by atomic mass is 16.4. The second kappa shape index (κ2) is 8.79. The molecule has 0 aromatic rings. The number of hydrogen-bond donors (Lipinski definition) is 3. The molecule has 1 fully saturated rings. The van der Waals surface area contributed by atoms with Crippen molar-refractivity contribution < 1.29 is 19.8 Å². The number of aliphatic hydroxyl groups excluding tert-OH is 1. The Hall–Kier alpha value is -1.30. The van der Waals surface area contributed by atoms with Crippen LogP contribution in [0.25, 0.3) is 0 Å². The van der Waals surface area contributed by atoms with Crippen LogP contribution in [0.4, 0.5) is 4.79 Å². The van der Waals surface area contributed by atoms with Crippen LogP contribution in [0.3, 0.4) is 0 Å². The number of nitrogens with one attached hydrogen (secondary N) is 1. The molecule has 2 atom stereocenters. The van der Waals surface area contributed by atoms with E-state index in [4.69, 9.17) is 10.2 Å². The Kier molecular flexibility index (Phi) is 7.36. The third-order valence-corrected chi connectivity index (χ3v) is 3.86. The zero-order valence-electron chi connectivity index (χ0n) is 12.2. The fourth-order valence-electron chi connectivity index (χ4n) is 2.51. The van der Waals surface area contributed by atoms with Crippen LogP contribution in [0.1, 0.15) is 39.0 Å². The minimum atomic E-state index is -0.792. The monoisotopic (exact) mass is 286 g/mol. The largest absolute Gasteiger partial charge is 0.481 e. The van der Waals surface area contributed by atoms with Gasteiger partial charge in [-0.1, -0.05) is 6.92 Å². The van der Waals surface area contributed by atoms with E-state index in [1.54, 1.807) is 11.8 Å². The summed E-state index contributed by atoms with van der Waals surface area (Å²) in [5.74, 6) is -0.762. The van der Waals surface area contributed by atoms with Crippen molar-refractivity contribution >= 4 is 12.0 Å². The Morgan fingerprint density at radius 3 is 2.85 bits per heavy atom. The average Bonchev–Trinajstić information content (AvgIpc) is 2.43. The zero-order valence-corrected chi connectivity index (χ0v) is 12.2. The van der Waals surface area contributed by atoms with Gasteiger partial charge >= 0.3 is 12.0 Å². The number of aliphatic carboxylic acids is 1. The Morgan fingerprint density at radius 2 is 2.20 bits per heavy atom. The van der Waals surface area contributed by atoms with E-state index in [2.05, 4.69) is 5.32 Å². The van der Waals surface area contributed by atoms with E-state index in [1.165, 1.54) is 0 Å². The van der Waals surface area contributed by atoms with Crippen LogP contribution in [-0.2, 0) is 4.79 Å². The molecule has 0 aliphatic carbocycles. The van der Waals surface area contributed by atoms with E-state index in [-0.39, 0.29) is 18.6 Å². The molecule has 3 N–H and O–H groups in total. The standard InChI is InChI=1S/C14H26N2O4/c1-11(13(18)19)4-2-7-15-14(20)16-8-3-5-12(10-16)6-9-17/h11-12,17H,2-10H2,1H3,(H,15,20)(H,18,19). The van der Waals surface area contributed by atoms with Gasteiger partial charge in [0.2, 0.25) is 0 Å². The number of nitrogens with zero attached hydrogens (tertiary/aromatic N) is 1. The maximum atomic E-state index is 12.0. The van der Waals surface area contributed by atoms with Crippen molar-refractivity contribution in [1.29, 1.82) is 0 Å². The molecule has 0 saturated carbocycles. The normalized spacial score (nSPS) is 20.5. The predicted molar refractivity (Wildman–Crippen MR) is 75.4 cm³/mol. The van der Waals surface area contributed by atoms with Crippen LogP contribution < -0.4 is 5.32 Å². The van der Waals surface area contributed by atoms with Gasteiger partial charge in [-0.25, -0.2) is 4.79 Å². The Morgan fingerprint density at radius 1 is 1.45 bits per heavy atom.